The third-order valence-corrected chi connectivity index (χ3v) is 1.70. The SMILES string of the molecule is Cc1cc(O)ccc1C(=N)/C=N\N. The van der Waals surface area contributed by atoms with Crippen molar-refractivity contribution < 1.29 is 5.11 Å². The first-order chi connectivity index (χ1) is 6.15. The minimum absolute atomic E-state index is 0.193. The second kappa shape index (κ2) is 3.71. The molecule has 1 rings (SSSR count). The van der Waals surface area contributed by atoms with Crippen LogP contribution in [0.3, 0.4) is 0 Å². The quantitative estimate of drug-likeness (QED) is 0.358. The zero-order valence-corrected chi connectivity index (χ0v) is 7.28. The molecule has 0 atom stereocenters. The Morgan fingerprint density at radius 3 is 2.85 bits per heavy atom. The number of benzene rings is 1. The van der Waals surface area contributed by atoms with Gasteiger partial charge in [0, 0.05) is 5.56 Å². The van der Waals surface area contributed by atoms with Crippen LogP contribution in [-0.2, 0) is 0 Å². The molecule has 0 aliphatic rings. The number of phenolic OH excluding ortho intramolecular Hbond substituents is 1. The van der Waals surface area contributed by atoms with E-state index < -0.39 is 0 Å². The van der Waals surface area contributed by atoms with E-state index >= 15 is 0 Å². The third-order valence-electron chi connectivity index (χ3n) is 1.70. The van der Waals surface area contributed by atoms with Crippen LogP contribution in [-0.4, -0.2) is 17.0 Å². The lowest BCUT2D eigenvalue weighted by Gasteiger charge is -2.03. The molecule has 0 unspecified atom stereocenters. The molecule has 0 aromatic heterocycles. The first-order valence-electron chi connectivity index (χ1n) is 3.77. The number of hydrogen-bond donors (Lipinski definition) is 3. The molecule has 0 heterocycles. The molecule has 0 saturated carbocycles. The molecule has 0 bridgehead atoms. The number of nitrogens with one attached hydrogen (secondary N) is 1. The summed E-state index contributed by atoms with van der Waals surface area (Å²) in [5, 5.41) is 19.9. The smallest absolute Gasteiger partial charge is 0.115 e. The van der Waals surface area contributed by atoms with Crippen molar-refractivity contribution in [2.75, 3.05) is 0 Å². The van der Waals surface area contributed by atoms with Gasteiger partial charge in [0.1, 0.15) is 5.75 Å². The Morgan fingerprint density at radius 2 is 2.31 bits per heavy atom. The number of phenols is 1. The molecule has 68 valence electrons. The van der Waals surface area contributed by atoms with Gasteiger partial charge in [0.2, 0.25) is 0 Å². The predicted octanol–water partition coefficient (Wildman–Crippen LogP) is 1.01. The van der Waals surface area contributed by atoms with Gasteiger partial charge in [-0.15, -0.1) is 0 Å². The molecule has 0 aliphatic heterocycles. The highest BCUT2D eigenvalue weighted by atomic mass is 16.3. The van der Waals surface area contributed by atoms with Crippen LogP contribution >= 0.6 is 0 Å². The van der Waals surface area contributed by atoms with Crippen LogP contribution in [0.15, 0.2) is 23.3 Å². The molecule has 1 aromatic carbocycles. The van der Waals surface area contributed by atoms with E-state index in [9.17, 15) is 0 Å². The van der Waals surface area contributed by atoms with Crippen molar-refractivity contribution in [3.8, 4) is 5.75 Å². The number of hydrazone groups is 1. The van der Waals surface area contributed by atoms with Gasteiger partial charge < -0.3 is 10.9 Å². The van der Waals surface area contributed by atoms with E-state index in [1.807, 2.05) is 6.92 Å². The molecule has 0 amide bonds. The van der Waals surface area contributed by atoms with Crippen molar-refractivity contribution >= 4 is 11.9 Å². The van der Waals surface area contributed by atoms with Crippen LogP contribution < -0.4 is 5.84 Å². The lowest BCUT2D eigenvalue weighted by Crippen LogP contribution is -2.04. The predicted molar refractivity (Wildman–Crippen MR) is 52.4 cm³/mol. The van der Waals surface area contributed by atoms with Gasteiger partial charge >= 0.3 is 0 Å². The summed E-state index contributed by atoms with van der Waals surface area (Å²) < 4.78 is 0. The Labute approximate surface area is 76.2 Å². The van der Waals surface area contributed by atoms with Crippen LogP contribution in [0.1, 0.15) is 11.1 Å². The summed E-state index contributed by atoms with van der Waals surface area (Å²) in [5.74, 6) is 5.12. The molecule has 4 heteroatoms. The van der Waals surface area contributed by atoms with Gasteiger partial charge in [0.15, 0.2) is 0 Å². The summed E-state index contributed by atoms with van der Waals surface area (Å²) in [5.41, 5.74) is 1.77. The van der Waals surface area contributed by atoms with Gasteiger partial charge in [-0.25, -0.2) is 0 Å². The highest BCUT2D eigenvalue weighted by Gasteiger charge is 2.02. The van der Waals surface area contributed by atoms with Crippen LogP contribution in [0.5, 0.6) is 5.75 Å². The zero-order valence-electron chi connectivity index (χ0n) is 7.28. The number of nitrogens with two attached hydrogens (primary N) is 1. The Morgan fingerprint density at radius 1 is 1.62 bits per heavy atom. The maximum Gasteiger partial charge on any atom is 0.115 e. The van der Waals surface area contributed by atoms with Crippen molar-refractivity contribution in [3.63, 3.8) is 0 Å². The Bertz CT molecular complexity index is 358. The van der Waals surface area contributed by atoms with Gasteiger partial charge in [0.25, 0.3) is 0 Å². The lowest BCUT2D eigenvalue weighted by atomic mass is 10.0. The minimum atomic E-state index is 0.193. The number of rotatable bonds is 2. The van der Waals surface area contributed by atoms with E-state index in [1.54, 1.807) is 12.1 Å². The van der Waals surface area contributed by atoms with Crippen LogP contribution in [0, 0.1) is 12.3 Å². The maximum absolute atomic E-state index is 9.12. The zero-order chi connectivity index (χ0) is 9.84. The van der Waals surface area contributed by atoms with E-state index in [1.165, 1.54) is 12.3 Å². The fraction of sp³-hybridized carbons (Fsp3) is 0.111. The average Bonchev–Trinajstić information content (AvgIpc) is 2.04. The summed E-state index contributed by atoms with van der Waals surface area (Å²) in [6, 6.07) is 4.78. The van der Waals surface area contributed by atoms with E-state index in [-0.39, 0.29) is 11.5 Å². The number of aromatic hydroxyl groups is 1. The normalized spacial score (nSPS) is 10.5. The van der Waals surface area contributed by atoms with Crippen molar-refractivity contribution in [2.45, 2.75) is 6.92 Å². The fourth-order valence-corrected chi connectivity index (χ4v) is 1.09. The molecule has 1 aromatic rings. The second-order valence-corrected chi connectivity index (χ2v) is 2.69. The maximum atomic E-state index is 9.12. The topological polar surface area (TPSA) is 82.5 Å². The second-order valence-electron chi connectivity index (χ2n) is 2.69. The highest BCUT2D eigenvalue weighted by molar-refractivity contribution is 6.37. The van der Waals surface area contributed by atoms with Crippen LogP contribution in [0.4, 0.5) is 0 Å². The first-order valence-corrected chi connectivity index (χ1v) is 3.77. The molecular formula is C9H11N3O. The summed E-state index contributed by atoms with van der Waals surface area (Å²) in [4.78, 5) is 0. The van der Waals surface area contributed by atoms with Crippen molar-refractivity contribution in [1.29, 1.82) is 5.41 Å². The van der Waals surface area contributed by atoms with Gasteiger partial charge in [-0.2, -0.15) is 5.10 Å². The fourth-order valence-electron chi connectivity index (χ4n) is 1.09. The lowest BCUT2D eigenvalue weighted by molar-refractivity contribution is 0.475. The van der Waals surface area contributed by atoms with Crippen molar-refractivity contribution in [2.24, 2.45) is 10.9 Å². The van der Waals surface area contributed by atoms with Crippen molar-refractivity contribution in [3.05, 3.63) is 29.3 Å². The van der Waals surface area contributed by atoms with E-state index in [4.69, 9.17) is 16.4 Å². The molecule has 0 saturated heterocycles. The van der Waals surface area contributed by atoms with Gasteiger partial charge in [-0.1, -0.05) is 0 Å². The molecule has 0 radical (unpaired) electrons. The molecule has 0 spiro atoms. The third kappa shape index (κ3) is 2.05. The number of hydrogen-bond acceptors (Lipinski definition) is 4. The first kappa shape index (κ1) is 9.25. The largest absolute Gasteiger partial charge is 0.508 e. The van der Waals surface area contributed by atoms with Gasteiger partial charge in [0.05, 0.1) is 11.9 Å². The van der Waals surface area contributed by atoms with Gasteiger partial charge in [-0.05, 0) is 30.7 Å². The summed E-state index contributed by atoms with van der Waals surface area (Å²) in [6.07, 6.45) is 1.26. The Hall–Kier alpha value is -1.84. The van der Waals surface area contributed by atoms with Gasteiger partial charge in [-0.3, -0.25) is 5.41 Å². The molecule has 0 aliphatic carbocycles. The molecule has 4 nitrogen and oxygen atoms in total. The molecule has 13 heavy (non-hydrogen) atoms. The van der Waals surface area contributed by atoms with Crippen LogP contribution in [0.2, 0.25) is 0 Å². The number of aryl methyl sites for hydroxylation is 1. The number of nitrogens with zero attached hydrogens (tertiary/aromatic N) is 1. The summed E-state index contributed by atoms with van der Waals surface area (Å²) in [6.45, 7) is 1.81. The standard InChI is InChI=1S/C9H11N3O/c1-6-4-7(13)2-3-8(6)9(10)5-12-11/h2-5,10,13H,11H2,1H3/b10-9?,12-5-. The molecule has 0 fully saturated rings. The molecular weight excluding hydrogens is 166 g/mol. The summed E-state index contributed by atoms with van der Waals surface area (Å²) >= 11 is 0. The van der Waals surface area contributed by atoms with E-state index in [0.29, 0.717) is 5.56 Å². The Kier molecular flexibility index (Phi) is 2.64. The minimum Gasteiger partial charge on any atom is -0.508 e. The molecule has 4 N–H and O–H groups in total. The van der Waals surface area contributed by atoms with E-state index in [2.05, 4.69) is 5.10 Å². The summed E-state index contributed by atoms with van der Waals surface area (Å²) in [7, 11) is 0. The Balaban J connectivity index is 3.09. The van der Waals surface area contributed by atoms with Crippen LogP contribution in [0.25, 0.3) is 0 Å². The average molecular weight is 177 g/mol. The van der Waals surface area contributed by atoms with E-state index in [0.717, 1.165) is 5.56 Å². The highest BCUT2D eigenvalue weighted by Crippen LogP contribution is 2.15. The van der Waals surface area contributed by atoms with Crippen molar-refractivity contribution in [1.82, 2.24) is 0 Å². The monoisotopic (exact) mass is 177 g/mol.